The number of hydrogen-bond acceptors (Lipinski definition) is 4. The zero-order valence-electron chi connectivity index (χ0n) is 12.8. The SMILES string of the molecule is Cc1ccc(N2CCN(C(=O)Nc3ncc(Cl)s3)CC2=O)cc1Cl. The first-order valence-corrected chi connectivity index (χ1v) is 8.75. The Morgan fingerprint density at radius 2 is 2.12 bits per heavy atom. The monoisotopic (exact) mass is 384 g/mol. The molecule has 126 valence electrons. The molecular formula is C15H14Cl2N4O2S. The van der Waals surface area contributed by atoms with Gasteiger partial charge in [0, 0.05) is 23.8 Å². The number of carbonyl (C=O) groups is 2. The predicted octanol–water partition coefficient (Wildman–Crippen LogP) is 3.64. The molecule has 9 heteroatoms. The number of anilines is 2. The lowest BCUT2D eigenvalue weighted by Crippen LogP contribution is -2.53. The average Bonchev–Trinajstić information content (AvgIpc) is 2.95. The Labute approximate surface area is 153 Å². The van der Waals surface area contributed by atoms with Crippen LogP contribution in [0.2, 0.25) is 9.36 Å². The van der Waals surface area contributed by atoms with E-state index in [-0.39, 0.29) is 18.5 Å². The molecule has 3 rings (SSSR count). The molecule has 0 spiro atoms. The molecule has 0 aliphatic carbocycles. The molecule has 0 atom stereocenters. The van der Waals surface area contributed by atoms with E-state index < -0.39 is 0 Å². The Balaban J connectivity index is 1.65. The Hall–Kier alpha value is -1.83. The number of carbonyl (C=O) groups excluding carboxylic acids is 2. The number of rotatable bonds is 2. The van der Waals surface area contributed by atoms with Crippen molar-refractivity contribution in [2.24, 2.45) is 0 Å². The molecule has 0 radical (unpaired) electrons. The van der Waals surface area contributed by atoms with E-state index in [0.29, 0.717) is 27.6 Å². The van der Waals surface area contributed by atoms with Gasteiger partial charge in [0.15, 0.2) is 5.13 Å². The summed E-state index contributed by atoms with van der Waals surface area (Å²) >= 11 is 13.1. The highest BCUT2D eigenvalue weighted by molar-refractivity contribution is 7.19. The van der Waals surface area contributed by atoms with Crippen molar-refractivity contribution >= 4 is 57.3 Å². The highest BCUT2D eigenvalue weighted by Gasteiger charge is 2.28. The summed E-state index contributed by atoms with van der Waals surface area (Å²) in [5, 5.41) is 3.66. The molecule has 1 saturated heterocycles. The van der Waals surface area contributed by atoms with Crippen LogP contribution in [0.1, 0.15) is 5.56 Å². The van der Waals surface area contributed by atoms with E-state index in [1.807, 2.05) is 19.1 Å². The quantitative estimate of drug-likeness (QED) is 0.859. The fourth-order valence-corrected chi connectivity index (χ4v) is 3.33. The number of nitrogens with zero attached hydrogens (tertiary/aromatic N) is 3. The van der Waals surface area contributed by atoms with Gasteiger partial charge in [-0.05, 0) is 24.6 Å². The molecule has 1 aromatic carbocycles. The minimum absolute atomic E-state index is 0.00354. The van der Waals surface area contributed by atoms with E-state index in [1.165, 1.54) is 22.4 Å². The van der Waals surface area contributed by atoms with Gasteiger partial charge in [-0.25, -0.2) is 9.78 Å². The van der Waals surface area contributed by atoms with E-state index in [9.17, 15) is 9.59 Å². The number of halogens is 2. The fraction of sp³-hybridized carbons (Fsp3) is 0.267. The molecule has 1 aromatic heterocycles. The van der Waals surface area contributed by atoms with Crippen molar-refractivity contribution in [2.75, 3.05) is 29.9 Å². The summed E-state index contributed by atoms with van der Waals surface area (Å²) in [5.74, 6) is -0.159. The zero-order chi connectivity index (χ0) is 17.3. The second kappa shape index (κ2) is 6.96. The number of nitrogens with one attached hydrogen (secondary N) is 1. The maximum atomic E-state index is 12.4. The van der Waals surface area contributed by atoms with Crippen molar-refractivity contribution in [3.05, 3.63) is 39.3 Å². The average molecular weight is 385 g/mol. The van der Waals surface area contributed by atoms with Crippen molar-refractivity contribution in [1.29, 1.82) is 0 Å². The maximum absolute atomic E-state index is 12.4. The second-order valence-corrected chi connectivity index (χ2v) is 7.37. The van der Waals surface area contributed by atoms with Gasteiger partial charge in [0.25, 0.3) is 0 Å². The van der Waals surface area contributed by atoms with E-state index in [4.69, 9.17) is 23.2 Å². The van der Waals surface area contributed by atoms with Gasteiger partial charge >= 0.3 is 6.03 Å². The number of thiazole rings is 1. The summed E-state index contributed by atoms with van der Waals surface area (Å²) in [6.07, 6.45) is 1.46. The van der Waals surface area contributed by atoms with Crippen molar-refractivity contribution in [3.63, 3.8) is 0 Å². The van der Waals surface area contributed by atoms with Crippen molar-refractivity contribution < 1.29 is 9.59 Å². The molecule has 6 nitrogen and oxygen atoms in total. The predicted molar refractivity (Wildman–Crippen MR) is 96.3 cm³/mol. The van der Waals surface area contributed by atoms with Crippen LogP contribution in [-0.2, 0) is 4.79 Å². The first kappa shape index (κ1) is 17.0. The Morgan fingerprint density at radius 3 is 2.75 bits per heavy atom. The van der Waals surface area contributed by atoms with E-state index in [1.54, 1.807) is 11.0 Å². The first-order valence-electron chi connectivity index (χ1n) is 7.18. The zero-order valence-corrected chi connectivity index (χ0v) is 15.1. The van der Waals surface area contributed by atoms with Crippen molar-refractivity contribution in [2.45, 2.75) is 6.92 Å². The van der Waals surface area contributed by atoms with Gasteiger partial charge in [-0.15, -0.1) is 0 Å². The van der Waals surface area contributed by atoms with Gasteiger partial charge in [-0.3, -0.25) is 10.1 Å². The van der Waals surface area contributed by atoms with Crippen LogP contribution in [0.5, 0.6) is 0 Å². The molecule has 2 heterocycles. The molecule has 0 bridgehead atoms. The number of benzene rings is 1. The van der Waals surface area contributed by atoms with Crippen LogP contribution in [-0.4, -0.2) is 41.5 Å². The standard InChI is InChI=1S/C15H14Cl2N4O2S/c1-9-2-3-10(6-11(9)16)21-5-4-20(8-13(21)22)15(23)19-14-18-7-12(17)24-14/h2-3,6-7H,4-5,8H2,1H3,(H,18,19,23). The van der Waals surface area contributed by atoms with Gasteiger partial charge in [-0.1, -0.05) is 40.6 Å². The summed E-state index contributed by atoms with van der Waals surface area (Å²) in [6.45, 7) is 2.73. The highest BCUT2D eigenvalue weighted by atomic mass is 35.5. The lowest BCUT2D eigenvalue weighted by atomic mass is 10.2. The minimum Gasteiger partial charge on any atom is -0.313 e. The topological polar surface area (TPSA) is 65.5 Å². The van der Waals surface area contributed by atoms with Gasteiger partial charge < -0.3 is 9.80 Å². The molecule has 0 saturated carbocycles. The molecule has 3 amide bonds. The smallest absolute Gasteiger partial charge is 0.313 e. The molecule has 1 aliphatic heterocycles. The van der Waals surface area contributed by atoms with Crippen molar-refractivity contribution in [3.8, 4) is 0 Å². The minimum atomic E-state index is -0.365. The van der Waals surface area contributed by atoms with Crippen LogP contribution in [0.4, 0.5) is 15.6 Å². The molecule has 0 unspecified atom stereocenters. The number of aryl methyl sites for hydroxylation is 1. The van der Waals surface area contributed by atoms with Gasteiger partial charge in [0.1, 0.15) is 10.9 Å². The van der Waals surface area contributed by atoms with Crippen LogP contribution in [0.15, 0.2) is 24.4 Å². The number of urea groups is 1. The fourth-order valence-electron chi connectivity index (χ4n) is 2.35. The van der Waals surface area contributed by atoms with Crippen molar-refractivity contribution in [1.82, 2.24) is 9.88 Å². The summed E-state index contributed by atoms with van der Waals surface area (Å²) in [4.78, 5) is 31.7. The largest absolute Gasteiger partial charge is 0.324 e. The number of hydrogen-bond donors (Lipinski definition) is 1. The van der Waals surface area contributed by atoms with E-state index in [0.717, 1.165) is 11.3 Å². The number of piperazine rings is 1. The Kier molecular flexibility index (Phi) is 4.93. The third-order valence-corrected chi connectivity index (χ3v) is 5.10. The van der Waals surface area contributed by atoms with Gasteiger partial charge in [-0.2, -0.15) is 0 Å². The summed E-state index contributed by atoms with van der Waals surface area (Å²) in [5.41, 5.74) is 1.69. The third-order valence-electron chi connectivity index (χ3n) is 3.67. The van der Waals surface area contributed by atoms with Crippen LogP contribution < -0.4 is 10.2 Å². The van der Waals surface area contributed by atoms with Gasteiger partial charge in [0.2, 0.25) is 5.91 Å². The summed E-state index contributed by atoms with van der Waals surface area (Å²) in [6, 6.07) is 5.13. The first-order chi connectivity index (χ1) is 11.4. The van der Waals surface area contributed by atoms with Crippen LogP contribution in [0, 0.1) is 6.92 Å². The van der Waals surface area contributed by atoms with E-state index >= 15 is 0 Å². The van der Waals surface area contributed by atoms with Crippen LogP contribution in [0.3, 0.4) is 0 Å². The highest BCUT2D eigenvalue weighted by Crippen LogP contribution is 2.25. The third kappa shape index (κ3) is 3.63. The number of amides is 3. The van der Waals surface area contributed by atoms with Gasteiger partial charge in [0.05, 0.1) is 6.20 Å². The number of aromatic nitrogens is 1. The molecule has 1 aliphatic rings. The Morgan fingerprint density at radius 1 is 1.33 bits per heavy atom. The molecule has 2 aromatic rings. The summed E-state index contributed by atoms with van der Waals surface area (Å²) < 4.78 is 0.488. The molecule has 24 heavy (non-hydrogen) atoms. The molecule has 1 N–H and O–H groups in total. The normalized spacial score (nSPS) is 14.9. The molecular weight excluding hydrogens is 371 g/mol. The Bertz CT molecular complexity index is 796. The van der Waals surface area contributed by atoms with Crippen LogP contribution in [0.25, 0.3) is 0 Å². The van der Waals surface area contributed by atoms with Crippen LogP contribution >= 0.6 is 34.5 Å². The lowest BCUT2D eigenvalue weighted by molar-refractivity contribution is -0.120. The molecule has 1 fully saturated rings. The second-order valence-electron chi connectivity index (χ2n) is 5.30. The van der Waals surface area contributed by atoms with E-state index in [2.05, 4.69) is 10.3 Å². The maximum Gasteiger partial charge on any atom is 0.324 e. The lowest BCUT2D eigenvalue weighted by Gasteiger charge is -2.34. The summed E-state index contributed by atoms with van der Waals surface area (Å²) in [7, 11) is 0.